The second-order valence-electron chi connectivity index (χ2n) is 5.31. The molecule has 0 bridgehead atoms. The van der Waals surface area contributed by atoms with Crippen molar-refractivity contribution in [3.63, 3.8) is 0 Å². The number of amides is 1. The van der Waals surface area contributed by atoms with Gasteiger partial charge in [0.2, 0.25) is 5.91 Å². The van der Waals surface area contributed by atoms with Crippen LogP contribution in [0, 0.1) is 5.92 Å². The molecule has 22 heavy (non-hydrogen) atoms. The molecule has 1 aromatic heterocycles. The maximum Gasteiger partial charge on any atom is 0.224 e. The number of hydrogen-bond donors (Lipinski definition) is 2. The zero-order valence-corrected chi connectivity index (χ0v) is 13.1. The van der Waals surface area contributed by atoms with Crippen LogP contribution in [0.25, 0.3) is 5.69 Å². The highest BCUT2D eigenvalue weighted by atomic mass is 35.5. The summed E-state index contributed by atoms with van der Waals surface area (Å²) in [5, 5.41) is 14.4. The van der Waals surface area contributed by atoms with E-state index in [-0.39, 0.29) is 18.3 Å². The molecule has 2 aromatic rings. The van der Waals surface area contributed by atoms with Crippen molar-refractivity contribution < 1.29 is 4.79 Å². The first-order chi connectivity index (χ1) is 10.3. The zero-order chi connectivity index (χ0) is 14.5. The molecule has 0 radical (unpaired) electrons. The molecule has 1 aromatic carbocycles. The Kier molecular flexibility index (Phi) is 5.91. The second-order valence-corrected chi connectivity index (χ2v) is 5.31. The molecule has 1 amide bonds. The van der Waals surface area contributed by atoms with Gasteiger partial charge in [0, 0.05) is 12.1 Å². The van der Waals surface area contributed by atoms with Gasteiger partial charge in [-0.05, 0) is 56.1 Å². The molecule has 1 aliphatic rings. The average molecular weight is 322 g/mol. The molecular weight excluding hydrogens is 302 g/mol. The molecule has 1 fully saturated rings. The summed E-state index contributed by atoms with van der Waals surface area (Å²) < 4.78 is 0. The van der Waals surface area contributed by atoms with Gasteiger partial charge in [0.15, 0.2) is 0 Å². The van der Waals surface area contributed by atoms with Crippen LogP contribution < -0.4 is 10.6 Å². The van der Waals surface area contributed by atoms with Gasteiger partial charge in [-0.15, -0.1) is 12.4 Å². The highest BCUT2D eigenvalue weighted by molar-refractivity contribution is 5.90. The van der Waals surface area contributed by atoms with Crippen LogP contribution in [0.15, 0.2) is 36.7 Å². The van der Waals surface area contributed by atoms with Gasteiger partial charge in [-0.25, -0.2) is 0 Å². The van der Waals surface area contributed by atoms with Gasteiger partial charge in [-0.2, -0.15) is 15.0 Å². The van der Waals surface area contributed by atoms with Crippen LogP contribution in [0.2, 0.25) is 0 Å². The van der Waals surface area contributed by atoms with E-state index in [1.807, 2.05) is 24.3 Å². The smallest absolute Gasteiger partial charge is 0.224 e. The quantitative estimate of drug-likeness (QED) is 0.903. The van der Waals surface area contributed by atoms with Crippen molar-refractivity contribution in [3.8, 4) is 5.69 Å². The van der Waals surface area contributed by atoms with E-state index in [0.717, 1.165) is 37.3 Å². The van der Waals surface area contributed by atoms with Crippen molar-refractivity contribution in [2.24, 2.45) is 5.92 Å². The topological polar surface area (TPSA) is 71.8 Å². The third-order valence-corrected chi connectivity index (χ3v) is 3.73. The molecule has 0 spiro atoms. The Balaban J connectivity index is 0.00000176. The summed E-state index contributed by atoms with van der Waals surface area (Å²) in [6.45, 7) is 2.03. The standard InChI is InChI=1S/C15H19N5O.ClH/c21-15(11-12-5-7-16-8-6-12)19-13-1-3-14(4-2-13)20-17-9-10-18-20;/h1-4,9-10,12,16H,5-8,11H2,(H,19,21);1H. The number of piperidine rings is 1. The largest absolute Gasteiger partial charge is 0.326 e. The van der Waals surface area contributed by atoms with Crippen molar-refractivity contribution in [1.82, 2.24) is 20.3 Å². The highest BCUT2D eigenvalue weighted by Crippen LogP contribution is 2.18. The lowest BCUT2D eigenvalue weighted by Gasteiger charge is -2.21. The SMILES string of the molecule is Cl.O=C(CC1CCNCC1)Nc1ccc(-n2nccn2)cc1. The number of hydrogen-bond acceptors (Lipinski definition) is 4. The number of rotatable bonds is 4. The predicted octanol–water partition coefficient (Wildman–Crippen LogP) is 2.02. The molecule has 6 nitrogen and oxygen atoms in total. The van der Waals surface area contributed by atoms with E-state index in [1.54, 1.807) is 17.2 Å². The van der Waals surface area contributed by atoms with Gasteiger partial charge < -0.3 is 10.6 Å². The number of aromatic nitrogens is 3. The summed E-state index contributed by atoms with van der Waals surface area (Å²) in [6, 6.07) is 7.53. The number of carbonyl (C=O) groups is 1. The Morgan fingerprint density at radius 3 is 2.45 bits per heavy atom. The predicted molar refractivity (Wildman–Crippen MR) is 87.4 cm³/mol. The lowest BCUT2D eigenvalue weighted by molar-refractivity contribution is -0.117. The van der Waals surface area contributed by atoms with E-state index in [1.165, 1.54) is 0 Å². The minimum Gasteiger partial charge on any atom is -0.326 e. The normalized spacial score (nSPS) is 15.1. The Labute approximate surface area is 135 Å². The average Bonchev–Trinajstić information content (AvgIpc) is 3.03. The first-order valence-electron chi connectivity index (χ1n) is 7.28. The molecule has 0 unspecified atom stereocenters. The van der Waals surface area contributed by atoms with E-state index < -0.39 is 0 Å². The number of anilines is 1. The van der Waals surface area contributed by atoms with Crippen molar-refractivity contribution in [2.45, 2.75) is 19.3 Å². The summed E-state index contributed by atoms with van der Waals surface area (Å²) in [5.74, 6) is 0.589. The van der Waals surface area contributed by atoms with Crippen LogP contribution in [0.5, 0.6) is 0 Å². The summed E-state index contributed by atoms with van der Waals surface area (Å²) in [4.78, 5) is 13.6. The van der Waals surface area contributed by atoms with Gasteiger partial charge in [0.05, 0.1) is 18.1 Å². The van der Waals surface area contributed by atoms with E-state index in [9.17, 15) is 4.79 Å². The van der Waals surface area contributed by atoms with Crippen molar-refractivity contribution >= 4 is 24.0 Å². The molecule has 1 saturated heterocycles. The third-order valence-electron chi connectivity index (χ3n) is 3.73. The molecule has 3 rings (SSSR count). The molecule has 1 aliphatic heterocycles. The van der Waals surface area contributed by atoms with E-state index in [2.05, 4.69) is 20.8 Å². The number of benzene rings is 1. The summed E-state index contributed by atoms with van der Waals surface area (Å²) in [5.41, 5.74) is 1.68. The number of carbonyl (C=O) groups excluding carboxylic acids is 1. The van der Waals surface area contributed by atoms with Crippen LogP contribution in [0.1, 0.15) is 19.3 Å². The molecular formula is C15H20ClN5O. The van der Waals surface area contributed by atoms with E-state index >= 15 is 0 Å². The Morgan fingerprint density at radius 1 is 1.18 bits per heavy atom. The monoisotopic (exact) mass is 321 g/mol. The Hall–Kier alpha value is -1.92. The number of nitrogens with one attached hydrogen (secondary N) is 2. The fourth-order valence-electron chi connectivity index (χ4n) is 2.59. The van der Waals surface area contributed by atoms with Crippen LogP contribution in [0.3, 0.4) is 0 Å². The fraction of sp³-hybridized carbons (Fsp3) is 0.400. The summed E-state index contributed by atoms with van der Waals surface area (Å²) in [7, 11) is 0. The molecule has 2 heterocycles. The van der Waals surface area contributed by atoms with E-state index in [0.29, 0.717) is 12.3 Å². The molecule has 7 heteroatoms. The maximum absolute atomic E-state index is 12.0. The second kappa shape index (κ2) is 7.91. The highest BCUT2D eigenvalue weighted by Gasteiger charge is 2.16. The summed E-state index contributed by atoms with van der Waals surface area (Å²) >= 11 is 0. The number of halogens is 1. The van der Waals surface area contributed by atoms with Gasteiger partial charge in [-0.3, -0.25) is 4.79 Å². The molecule has 2 N–H and O–H groups in total. The van der Waals surface area contributed by atoms with Crippen molar-refractivity contribution in [2.75, 3.05) is 18.4 Å². The lowest BCUT2D eigenvalue weighted by Crippen LogP contribution is -2.30. The van der Waals surface area contributed by atoms with Gasteiger partial charge >= 0.3 is 0 Å². The third kappa shape index (κ3) is 4.29. The first-order valence-corrected chi connectivity index (χ1v) is 7.28. The van der Waals surface area contributed by atoms with Gasteiger partial charge in [-0.1, -0.05) is 0 Å². The Bertz CT molecular complexity index is 578. The first kappa shape index (κ1) is 16.5. The van der Waals surface area contributed by atoms with Crippen LogP contribution in [-0.2, 0) is 4.79 Å². The molecule has 0 aliphatic carbocycles. The van der Waals surface area contributed by atoms with Gasteiger partial charge in [0.1, 0.15) is 0 Å². The van der Waals surface area contributed by atoms with Crippen molar-refractivity contribution in [3.05, 3.63) is 36.7 Å². The van der Waals surface area contributed by atoms with Crippen LogP contribution in [-0.4, -0.2) is 34.0 Å². The van der Waals surface area contributed by atoms with E-state index in [4.69, 9.17) is 0 Å². The molecule has 0 atom stereocenters. The molecule has 0 saturated carbocycles. The minimum atomic E-state index is 0. The Morgan fingerprint density at radius 2 is 1.82 bits per heavy atom. The lowest BCUT2D eigenvalue weighted by atomic mass is 9.94. The fourth-order valence-corrected chi connectivity index (χ4v) is 2.59. The minimum absolute atomic E-state index is 0. The zero-order valence-electron chi connectivity index (χ0n) is 12.2. The van der Waals surface area contributed by atoms with Gasteiger partial charge in [0.25, 0.3) is 0 Å². The summed E-state index contributed by atoms with van der Waals surface area (Å²) in [6.07, 6.45) is 6.03. The number of nitrogens with zero attached hydrogens (tertiary/aromatic N) is 3. The molecule has 118 valence electrons. The van der Waals surface area contributed by atoms with Crippen LogP contribution in [0.4, 0.5) is 5.69 Å². The maximum atomic E-state index is 12.0. The van der Waals surface area contributed by atoms with Crippen LogP contribution >= 0.6 is 12.4 Å². The van der Waals surface area contributed by atoms with Crippen molar-refractivity contribution in [1.29, 1.82) is 0 Å².